The van der Waals surface area contributed by atoms with Crippen molar-refractivity contribution in [2.24, 2.45) is 0 Å². The van der Waals surface area contributed by atoms with Crippen molar-refractivity contribution in [1.29, 1.82) is 0 Å². The molecule has 0 bridgehead atoms. The van der Waals surface area contributed by atoms with Gasteiger partial charge < -0.3 is 15.5 Å². The molecule has 0 fully saturated rings. The average Bonchev–Trinajstić information content (AvgIpc) is 1.87. The first-order valence-electron chi connectivity index (χ1n) is 3.29. The lowest BCUT2D eigenvalue weighted by Gasteiger charge is -2.09. The molecule has 0 rings (SSSR count). The van der Waals surface area contributed by atoms with Crippen LogP contribution in [0.5, 0.6) is 0 Å². The lowest BCUT2D eigenvalue weighted by Crippen LogP contribution is -2.37. The molecule has 0 saturated carbocycles. The highest BCUT2D eigenvalue weighted by molar-refractivity contribution is 5.73. The highest BCUT2D eigenvalue weighted by atomic mass is 16.4. The molecule has 10 heavy (non-hydrogen) atoms. The van der Waals surface area contributed by atoms with E-state index in [1.807, 2.05) is 6.92 Å². The summed E-state index contributed by atoms with van der Waals surface area (Å²) >= 11 is 0. The monoisotopic (exact) mass is 147 g/mol. The number of nitrogens with one attached hydrogen (secondary N) is 1. The van der Waals surface area contributed by atoms with Crippen LogP contribution in [0.3, 0.4) is 0 Å². The van der Waals surface area contributed by atoms with E-state index >= 15 is 0 Å². The Bertz CT molecular complexity index is 99.2. The van der Waals surface area contributed by atoms with Gasteiger partial charge in [0.15, 0.2) is 0 Å². The van der Waals surface area contributed by atoms with E-state index in [2.05, 4.69) is 5.32 Å². The van der Waals surface area contributed by atoms with Crippen molar-refractivity contribution in [2.45, 2.75) is 19.4 Å². The number of aliphatic hydroxyl groups is 1. The molecule has 0 aromatic rings. The fourth-order valence-corrected chi connectivity index (χ4v) is 0.688. The number of carboxylic acids is 1. The minimum Gasteiger partial charge on any atom is -0.480 e. The summed E-state index contributed by atoms with van der Waals surface area (Å²) < 4.78 is 0. The van der Waals surface area contributed by atoms with Crippen LogP contribution >= 0.6 is 0 Å². The van der Waals surface area contributed by atoms with E-state index in [4.69, 9.17) is 10.2 Å². The SMILES string of the molecule is CCN[C@H](CCO)C(=O)O. The second-order valence-corrected chi connectivity index (χ2v) is 1.96. The third-order valence-electron chi connectivity index (χ3n) is 1.17. The molecule has 0 aliphatic rings. The van der Waals surface area contributed by atoms with Gasteiger partial charge in [-0.1, -0.05) is 6.92 Å². The van der Waals surface area contributed by atoms with Crippen molar-refractivity contribution in [3.63, 3.8) is 0 Å². The first-order chi connectivity index (χ1) is 4.72. The molecule has 1 atom stereocenters. The minimum atomic E-state index is -0.907. The van der Waals surface area contributed by atoms with Crippen LogP contribution in [-0.4, -0.2) is 35.4 Å². The summed E-state index contributed by atoms with van der Waals surface area (Å²) in [5, 5.41) is 19.6. The van der Waals surface area contributed by atoms with Crippen LogP contribution in [0, 0.1) is 0 Å². The molecule has 0 aliphatic carbocycles. The number of carboxylic acid groups (broad SMARTS) is 1. The number of hydrogen-bond donors (Lipinski definition) is 3. The van der Waals surface area contributed by atoms with E-state index in [9.17, 15) is 4.79 Å². The van der Waals surface area contributed by atoms with Crippen LogP contribution in [0.15, 0.2) is 0 Å². The Hall–Kier alpha value is -0.610. The fourth-order valence-electron chi connectivity index (χ4n) is 0.688. The van der Waals surface area contributed by atoms with Crippen LogP contribution in [0.4, 0.5) is 0 Å². The number of likely N-dealkylation sites (N-methyl/N-ethyl adjacent to an activating group) is 1. The van der Waals surface area contributed by atoms with E-state index in [1.165, 1.54) is 0 Å². The van der Waals surface area contributed by atoms with E-state index in [-0.39, 0.29) is 13.0 Å². The zero-order valence-electron chi connectivity index (χ0n) is 6.00. The average molecular weight is 147 g/mol. The summed E-state index contributed by atoms with van der Waals surface area (Å²) in [5.74, 6) is -0.907. The van der Waals surface area contributed by atoms with Gasteiger partial charge in [-0.3, -0.25) is 4.79 Å². The molecule has 3 N–H and O–H groups in total. The largest absolute Gasteiger partial charge is 0.480 e. The first kappa shape index (κ1) is 9.39. The zero-order chi connectivity index (χ0) is 7.98. The molecular weight excluding hydrogens is 134 g/mol. The van der Waals surface area contributed by atoms with Gasteiger partial charge in [0.2, 0.25) is 0 Å². The van der Waals surface area contributed by atoms with Crippen LogP contribution < -0.4 is 5.32 Å². The van der Waals surface area contributed by atoms with Crippen molar-refractivity contribution < 1.29 is 15.0 Å². The Morgan fingerprint density at radius 3 is 2.60 bits per heavy atom. The molecule has 0 amide bonds. The number of hydrogen-bond acceptors (Lipinski definition) is 3. The molecule has 0 unspecified atom stereocenters. The van der Waals surface area contributed by atoms with Gasteiger partial charge in [0.25, 0.3) is 0 Å². The molecule has 0 saturated heterocycles. The van der Waals surface area contributed by atoms with Crippen molar-refractivity contribution in [1.82, 2.24) is 5.32 Å². The molecule has 0 heterocycles. The van der Waals surface area contributed by atoms with Crippen molar-refractivity contribution >= 4 is 5.97 Å². The quantitative estimate of drug-likeness (QED) is 0.487. The summed E-state index contributed by atoms with van der Waals surface area (Å²) in [6.07, 6.45) is 0.267. The van der Waals surface area contributed by atoms with Crippen LogP contribution in [-0.2, 0) is 4.79 Å². The molecule has 4 nitrogen and oxygen atoms in total. The second-order valence-electron chi connectivity index (χ2n) is 1.96. The predicted octanol–water partition coefficient (Wildman–Crippen LogP) is -0.569. The molecular formula is C6H13NO3. The lowest BCUT2D eigenvalue weighted by molar-refractivity contribution is -0.139. The molecule has 0 aromatic heterocycles. The third kappa shape index (κ3) is 3.42. The molecule has 0 spiro atoms. The maximum Gasteiger partial charge on any atom is 0.320 e. The maximum atomic E-state index is 10.3. The smallest absolute Gasteiger partial charge is 0.320 e. The topological polar surface area (TPSA) is 69.6 Å². The predicted molar refractivity (Wildman–Crippen MR) is 36.8 cm³/mol. The van der Waals surface area contributed by atoms with E-state index in [1.54, 1.807) is 0 Å². The normalized spacial score (nSPS) is 13.0. The standard InChI is InChI=1S/C6H13NO3/c1-2-7-5(3-4-8)6(9)10/h5,7-8H,2-4H2,1H3,(H,9,10)/t5-/m1/s1. The highest BCUT2D eigenvalue weighted by Crippen LogP contribution is 1.89. The van der Waals surface area contributed by atoms with Crippen molar-refractivity contribution in [3.8, 4) is 0 Å². The second kappa shape index (κ2) is 5.20. The van der Waals surface area contributed by atoms with E-state index in [0.717, 1.165) is 0 Å². The summed E-state index contributed by atoms with van der Waals surface area (Å²) in [6.45, 7) is 2.34. The van der Waals surface area contributed by atoms with Gasteiger partial charge in [-0.2, -0.15) is 0 Å². The lowest BCUT2D eigenvalue weighted by atomic mass is 10.2. The van der Waals surface area contributed by atoms with Gasteiger partial charge in [-0.05, 0) is 13.0 Å². The fraction of sp³-hybridized carbons (Fsp3) is 0.833. The molecule has 0 aromatic carbocycles. The number of rotatable bonds is 5. The van der Waals surface area contributed by atoms with Gasteiger partial charge >= 0.3 is 5.97 Å². The van der Waals surface area contributed by atoms with Crippen LogP contribution in [0.1, 0.15) is 13.3 Å². The first-order valence-corrected chi connectivity index (χ1v) is 3.29. The third-order valence-corrected chi connectivity index (χ3v) is 1.17. The number of aliphatic hydroxyl groups excluding tert-OH is 1. The number of aliphatic carboxylic acids is 1. The van der Waals surface area contributed by atoms with Crippen LogP contribution in [0.2, 0.25) is 0 Å². The minimum absolute atomic E-state index is 0.0933. The Morgan fingerprint density at radius 1 is 1.70 bits per heavy atom. The molecule has 0 radical (unpaired) electrons. The van der Waals surface area contributed by atoms with Gasteiger partial charge in [0.1, 0.15) is 6.04 Å². The Kier molecular flexibility index (Phi) is 4.88. The molecule has 60 valence electrons. The van der Waals surface area contributed by atoms with Crippen LogP contribution in [0.25, 0.3) is 0 Å². The molecule has 4 heteroatoms. The summed E-state index contributed by atoms with van der Waals surface area (Å²) in [6, 6.07) is -0.602. The zero-order valence-corrected chi connectivity index (χ0v) is 6.00. The highest BCUT2D eigenvalue weighted by Gasteiger charge is 2.13. The Labute approximate surface area is 59.9 Å². The summed E-state index contributed by atoms with van der Waals surface area (Å²) in [7, 11) is 0. The summed E-state index contributed by atoms with van der Waals surface area (Å²) in [5.41, 5.74) is 0. The van der Waals surface area contributed by atoms with E-state index in [0.29, 0.717) is 6.54 Å². The van der Waals surface area contributed by atoms with Gasteiger partial charge in [-0.15, -0.1) is 0 Å². The maximum absolute atomic E-state index is 10.3. The summed E-state index contributed by atoms with van der Waals surface area (Å²) in [4.78, 5) is 10.3. The van der Waals surface area contributed by atoms with E-state index < -0.39 is 12.0 Å². The Morgan fingerprint density at radius 2 is 2.30 bits per heavy atom. The van der Waals surface area contributed by atoms with Crippen molar-refractivity contribution in [3.05, 3.63) is 0 Å². The van der Waals surface area contributed by atoms with Gasteiger partial charge in [0.05, 0.1) is 0 Å². The van der Waals surface area contributed by atoms with Crippen molar-refractivity contribution in [2.75, 3.05) is 13.2 Å². The Balaban J connectivity index is 3.61. The molecule has 0 aliphatic heterocycles. The number of carbonyl (C=O) groups is 1. The van der Waals surface area contributed by atoms with Gasteiger partial charge in [0, 0.05) is 6.61 Å². The van der Waals surface area contributed by atoms with Gasteiger partial charge in [-0.25, -0.2) is 0 Å².